The second kappa shape index (κ2) is 7.20. The van der Waals surface area contributed by atoms with Crippen LogP contribution in [0, 0.1) is 10.1 Å². The van der Waals surface area contributed by atoms with E-state index in [9.17, 15) is 18.5 Å². The summed E-state index contributed by atoms with van der Waals surface area (Å²) in [4.78, 5) is 12.5. The maximum absolute atomic E-state index is 11.9. The van der Waals surface area contributed by atoms with Crippen LogP contribution in [0.2, 0.25) is 0 Å². The van der Waals surface area contributed by atoms with E-state index in [1.165, 1.54) is 24.4 Å². The topological polar surface area (TPSA) is 111 Å². The van der Waals surface area contributed by atoms with Gasteiger partial charge in [0.05, 0.1) is 17.7 Å². The molecule has 0 atom stereocenters. The Kier molecular flexibility index (Phi) is 5.29. The first kappa shape index (κ1) is 16.9. The standard InChI is InChI=1S/C13H13N3O5S2/c1-2-21-12-6-5-10(8-11(12)16(17)18)9-14-15-23(19,20)13-4-3-7-22-13/h3-9,15H,2H2,1H3/b14-9+. The van der Waals surface area contributed by atoms with E-state index in [1.807, 2.05) is 4.83 Å². The highest BCUT2D eigenvalue weighted by molar-refractivity contribution is 7.91. The molecule has 10 heteroatoms. The smallest absolute Gasteiger partial charge is 0.311 e. The van der Waals surface area contributed by atoms with E-state index in [1.54, 1.807) is 24.4 Å². The van der Waals surface area contributed by atoms with Gasteiger partial charge < -0.3 is 4.74 Å². The van der Waals surface area contributed by atoms with Crippen LogP contribution in [0.25, 0.3) is 0 Å². The van der Waals surface area contributed by atoms with Gasteiger partial charge in [-0.05, 0) is 30.5 Å². The van der Waals surface area contributed by atoms with E-state index >= 15 is 0 Å². The quantitative estimate of drug-likeness (QED) is 0.466. The van der Waals surface area contributed by atoms with E-state index in [0.717, 1.165) is 11.3 Å². The molecule has 0 radical (unpaired) electrons. The number of ether oxygens (including phenoxy) is 1. The fourth-order valence-corrected chi connectivity index (χ4v) is 3.44. The molecule has 2 aromatic rings. The van der Waals surface area contributed by atoms with Crippen molar-refractivity contribution in [1.29, 1.82) is 0 Å². The fraction of sp³-hybridized carbons (Fsp3) is 0.154. The number of sulfonamides is 1. The summed E-state index contributed by atoms with van der Waals surface area (Å²) in [5.41, 5.74) is 0.158. The molecule has 0 saturated carbocycles. The molecule has 23 heavy (non-hydrogen) atoms. The van der Waals surface area contributed by atoms with Crippen molar-refractivity contribution < 1.29 is 18.1 Å². The molecule has 0 aliphatic carbocycles. The number of nitrogens with zero attached hydrogens (tertiary/aromatic N) is 2. The summed E-state index contributed by atoms with van der Waals surface area (Å²) in [6, 6.07) is 7.30. The van der Waals surface area contributed by atoms with Crippen molar-refractivity contribution in [3.63, 3.8) is 0 Å². The Balaban J connectivity index is 2.17. The SMILES string of the molecule is CCOc1ccc(/C=N/NS(=O)(=O)c2cccs2)cc1[N+](=O)[O-]. The molecule has 1 aromatic heterocycles. The van der Waals surface area contributed by atoms with Crippen molar-refractivity contribution in [3.05, 3.63) is 51.4 Å². The second-order valence-corrected chi connectivity index (χ2v) is 7.04. The van der Waals surface area contributed by atoms with Gasteiger partial charge in [-0.1, -0.05) is 6.07 Å². The van der Waals surface area contributed by atoms with Gasteiger partial charge in [0.2, 0.25) is 0 Å². The highest BCUT2D eigenvalue weighted by Gasteiger charge is 2.16. The summed E-state index contributed by atoms with van der Waals surface area (Å²) in [5, 5.41) is 16.3. The summed E-state index contributed by atoms with van der Waals surface area (Å²) in [7, 11) is -3.72. The summed E-state index contributed by atoms with van der Waals surface area (Å²) in [6.07, 6.45) is 1.19. The van der Waals surface area contributed by atoms with Crippen LogP contribution in [-0.2, 0) is 10.0 Å². The molecule has 0 aliphatic heterocycles. The second-order valence-electron chi connectivity index (χ2n) is 4.20. The zero-order valence-electron chi connectivity index (χ0n) is 12.0. The maximum atomic E-state index is 11.9. The molecule has 2 rings (SSSR count). The van der Waals surface area contributed by atoms with E-state index in [-0.39, 0.29) is 15.6 Å². The zero-order chi connectivity index (χ0) is 16.9. The van der Waals surface area contributed by atoms with Gasteiger partial charge in [0.15, 0.2) is 5.75 Å². The van der Waals surface area contributed by atoms with Crippen molar-refractivity contribution in [2.75, 3.05) is 6.61 Å². The van der Waals surface area contributed by atoms with Gasteiger partial charge in [-0.15, -0.1) is 11.3 Å². The minimum absolute atomic E-state index is 0.132. The minimum Gasteiger partial charge on any atom is -0.487 e. The number of hydrogen-bond acceptors (Lipinski definition) is 7. The maximum Gasteiger partial charge on any atom is 0.311 e. The van der Waals surface area contributed by atoms with Crippen LogP contribution < -0.4 is 9.57 Å². The third kappa shape index (κ3) is 4.27. The third-order valence-electron chi connectivity index (χ3n) is 2.63. The van der Waals surface area contributed by atoms with E-state index < -0.39 is 14.9 Å². The molecule has 1 N–H and O–H groups in total. The Morgan fingerprint density at radius 3 is 2.83 bits per heavy atom. The van der Waals surface area contributed by atoms with E-state index in [0.29, 0.717) is 12.2 Å². The van der Waals surface area contributed by atoms with E-state index in [2.05, 4.69) is 5.10 Å². The van der Waals surface area contributed by atoms with Crippen LogP contribution in [0.1, 0.15) is 12.5 Å². The van der Waals surface area contributed by atoms with Gasteiger partial charge >= 0.3 is 5.69 Å². The van der Waals surface area contributed by atoms with Crippen LogP contribution in [-0.4, -0.2) is 26.2 Å². The monoisotopic (exact) mass is 355 g/mol. The lowest BCUT2D eigenvalue weighted by Gasteiger charge is -2.04. The predicted octanol–water partition coefficient (Wildman–Crippen LogP) is 2.37. The molecule has 1 aromatic carbocycles. The number of benzene rings is 1. The lowest BCUT2D eigenvalue weighted by molar-refractivity contribution is -0.385. The van der Waals surface area contributed by atoms with Crippen molar-refractivity contribution >= 4 is 33.3 Å². The molecule has 8 nitrogen and oxygen atoms in total. The van der Waals surface area contributed by atoms with Crippen molar-refractivity contribution in [3.8, 4) is 5.75 Å². The molecule has 0 bridgehead atoms. The van der Waals surface area contributed by atoms with Crippen LogP contribution in [0.15, 0.2) is 45.0 Å². The summed E-state index contributed by atoms with van der Waals surface area (Å²) >= 11 is 1.06. The summed E-state index contributed by atoms with van der Waals surface area (Å²) < 4.78 is 29.0. The van der Waals surface area contributed by atoms with Crippen molar-refractivity contribution in [1.82, 2.24) is 4.83 Å². The lowest BCUT2D eigenvalue weighted by atomic mass is 10.2. The first-order valence-corrected chi connectivity index (χ1v) is 8.80. The van der Waals surface area contributed by atoms with Gasteiger partial charge in [-0.3, -0.25) is 10.1 Å². The van der Waals surface area contributed by atoms with E-state index in [4.69, 9.17) is 4.74 Å². The van der Waals surface area contributed by atoms with Gasteiger partial charge in [0, 0.05) is 11.6 Å². The molecule has 0 fully saturated rings. The first-order chi connectivity index (χ1) is 10.9. The average molecular weight is 355 g/mol. The van der Waals surface area contributed by atoms with Gasteiger partial charge in [0.1, 0.15) is 4.21 Å². The number of hydrogen-bond donors (Lipinski definition) is 1. The largest absolute Gasteiger partial charge is 0.487 e. The zero-order valence-corrected chi connectivity index (χ0v) is 13.6. The van der Waals surface area contributed by atoms with Gasteiger partial charge in [-0.2, -0.15) is 18.4 Å². The minimum atomic E-state index is -3.72. The Labute approximate surface area is 136 Å². The molecule has 0 aliphatic rings. The number of thiophene rings is 1. The number of rotatable bonds is 7. The van der Waals surface area contributed by atoms with Crippen molar-refractivity contribution in [2.45, 2.75) is 11.1 Å². The van der Waals surface area contributed by atoms with Gasteiger partial charge in [-0.25, -0.2) is 0 Å². The molecular formula is C13H13N3O5S2. The average Bonchev–Trinajstić information content (AvgIpc) is 3.03. The number of hydrazone groups is 1. The van der Waals surface area contributed by atoms with Gasteiger partial charge in [0.25, 0.3) is 10.0 Å². The molecule has 0 saturated heterocycles. The van der Waals surface area contributed by atoms with Crippen LogP contribution in [0.3, 0.4) is 0 Å². The van der Waals surface area contributed by atoms with Crippen LogP contribution in [0.4, 0.5) is 5.69 Å². The predicted molar refractivity (Wildman–Crippen MR) is 86.5 cm³/mol. The summed E-state index contributed by atoms with van der Waals surface area (Å²) in [6.45, 7) is 2.02. The molecule has 1 heterocycles. The Morgan fingerprint density at radius 1 is 1.43 bits per heavy atom. The Hall–Kier alpha value is -2.46. The molecule has 0 spiro atoms. The number of nitro benzene ring substituents is 1. The highest BCUT2D eigenvalue weighted by atomic mass is 32.2. The first-order valence-electron chi connectivity index (χ1n) is 6.43. The third-order valence-corrected chi connectivity index (χ3v) is 5.25. The summed E-state index contributed by atoms with van der Waals surface area (Å²) in [5.74, 6) is 0.147. The Bertz CT molecular complexity index is 816. The fourth-order valence-electron chi connectivity index (χ4n) is 1.67. The normalized spacial score (nSPS) is 11.5. The van der Waals surface area contributed by atoms with Crippen molar-refractivity contribution in [2.24, 2.45) is 5.10 Å². The van der Waals surface area contributed by atoms with Crippen LogP contribution >= 0.6 is 11.3 Å². The lowest BCUT2D eigenvalue weighted by Crippen LogP contribution is -2.17. The molecule has 0 unspecified atom stereocenters. The molecule has 122 valence electrons. The number of nitrogens with one attached hydrogen (secondary N) is 1. The van der Waals surface area contributed by atoms with Crippen LogP contribution in [0.5, 0.6) is 5.75 Å². The molecular weight excluding hydrogens is 342 g/mol. The Morgan fingerprint density at radius 2 is 2.22 bits per heavy atom. The number of nitro groups is 1. The molecule has 0 amide bonds. The highest BCUT2D eigenvalue weighted by Crippen LogP contribution is 2.27.